The Morgan fingerprint density at radius 1 is 0.400 bits per heavy atom. The molecule has 0 unspecified atom stereocenters. The molecule has 0 bridgehead atoms. The average Bonchev–Trinajstić information content (AvgIpc) is 3.85. The highest BCUT2D eigenvalue weighted by molar-refractivity contribution is 6.22. The van der Waals surface area contributed by atoms with Crippen LogP contribution in [0.1, 0.15) is 0 Å². The summed E-state index contributed by atoms with van der Waals surface area (Å²) in [6.07, 6.45) is 0. The third kappa shape index (κ3) is 3.87. The van der Waals surface area contributed by atoms with Crippen molar-refractivity contribution in [1.82, 2.24) is 4.57 Å². The quantitative estimate of drug-likeness (QED) is 0.192. The van der Waals surface area contributed by atoms with E-state index in [1.54, 1.807) is 0 Å². The first-order valence-corrected chi connectivity index (χ1v) is 16.9. The van der Waals surface area contributed by atoms with Crippen LogP contribution in [0.25, 0.3) is 82.1 Å². The van der Waals surface area contributed by atoms with Crippen molar-refractivity contribution in [2.45, 2.75) is 0 Å². The zero-order valence-corrected chi connectivity index (χ0v) is 26.9. The Balaban J connectivity index is 1.26. The van der Waals surface area contributed by atoms with E-state index in [2.05, 4.69) is 161 Å². The van der Waals surface area contributed by atoms with Crippen molar-refractivity contribution >= 4 is 93.5 Å². The Labute approximate surface area is 286 Å². The molecule has 4 nitrogen and oxygen atoms in total. The molecule has 0 N–H and O–H groups in total. The zero-order valence-electron chi connectivity index (χ0n) is 26.9. The van der Waals surface area contributed by atoms with Gasteiger partial charge in [0.15, 0.2) is 0 Å². The average molecular weight is 641 g/mol. The van der Waals surface area contributed by atoms with Gasteiger partial charge in [0.25, 0.3) is 0 Å². The van der Waals surface area contributed by atoms with Gasteiger partial charge in [0.2, 0.25) is 0 Å². The lowest BCUT2D eigenvalue weighted by Gasteiger charge is -2.27. The fourth-order valence-electron chi connectivity index (χ4n) is 7.95. The summed E-state index contributed by atoms with van der Waals surface area (Å²) >= 11 is 0. The van der Waals surface area contributed by atoms with Crippen LogP contribution in [0, 0.1) is 0 Å². The molecule has 0 aliphatic rings. The van der Waals surface area contributed by atoms with Gasteiger partial charge in [-0.15, -0.1) is 0 Å². The van der Waals surface area contributed by atoms with Crippen LogP contribution >= 0.6 is 0 Å². The van der Waals surface area contributed by atoms with Gasteiger partial charge in [-0.1, -0.05) is 97.1 Å². The number of furan rings is 2. The molecule has 3 heterocycles. The van der Waals surface area contributed by atoms with E-state index in [0.29, 0.717) is 0 Å². The summed E-state index contributed by atoms with van der Waals surface area (Å²) in [5.74, 6) is 0. The molecule has 0 radical (unpaired) electrons. The Morgan fingerprint density at radius 2 is 1.00 bits per heavy atom. The van der Waals surface area contributed by atoms with Gasteiger partial charge < -0.3 is 18.3 Å². The number of aromatic nitrogens is 1. The third-order valence-electron chi connectivity index (χ3n) is 10.1. The molecule has 0 saturated carbocycles. The SMILES string of the molecule is c1ccc(-n2c3ccccc3c3cc(N(c4ccc5oc6ccccc6c5c4)c4cc5ccccc5c5oc6ccccc6c45)ccc32)cc1. The van der Waals surface area contributed by atoms with Gasteiger partial charge in [0.1, 0.15) is 22.3 Å². The Bertz CT molecular complexity index is 3110. The minimum atomic E-state index is 0.869. The molecule has 0 atom stereocenters. The van der Waals surface area contributed by atoms with Gasteiger partial charge in [-0.05, 0) is 78.2 Å². The van der Waals surface area contributed by atoms with Crippen molar-refractivity contribution < 1.29 is 8.83 Å². The summed E-state index contributed by atoms with van der Waals surface area (Å²) in [7, 11) is 0. The molecule has 0 spiro atoms. The molecule has 50 heavy (non-hydrogen) atoms. The van der Waals surface area contributed by atoms with Crippen LogP contribution in [0.4, 0.5) is 17.1 Å². The van der Waals surface area contributed by atoms with Crippen molar-refractivity contribution in [3.8, 4) is 5.69 Å². The maximum absolute atomic E-state index is 6.68. The number of anilines is 3. The Kier molecular flexibility index (Phi) is 5.63. The molecule has 8 aromatic carbocycles. The van der Waals surface area contributed by atoms with Crippen LogP contribution in [0.5, 0.6) is 0 Å². The van der Waals surface area contributed by atoms with Crippen LogP contribution < -0.4 is 4.90 Å². The summed E-state index contributed by atoms with van der Waals surface area (Å²) in [5.41, 5.74) is 10.2. The van der Waals surface area contributed by atoms with Crippen LogP contribution in [0.3, 0.4) is 0 Å². The lowest BCUT2D eigenvalue weighted by Crippen LogP contribution is -2.10. The van der Waals surface area contributed by atoms with Crippen LogP contribution in [-0.4, -0.2) is 4.57 Å². The van der Waals surface area contributed by atoms with Crippen molar-refractivity contribution in [2.75, 3.05) is 4.90 Å². The highest BCUT2D eigenvalue weighted by Crippen LogP contribution is 2.48. The molecule has 4 heteroatoms. The van der Waals surface area contributed by atoms with Crippen molar-refractivity contribution in [1.29, 1.82) is 0 Å². The van der Waals surface area contributed by atoms with Crippen molar-refractivity contribution in [3.63, 3.8) is 0 Å². The maximum atomic E-state index is 6.68. The summed E-state index contributed by atoms with van der Waals surface area (Å²) in [6.45, 7) is 0. The molecule has 0 amide bonds. The second kappa shape index (κ2) is 10.4. The second-order valence-corrected chi connectivity index (χ2v) is 12.9. The number of rotatable bonds is 4. The smallest absolute Gasteiger partial charge is 0.145 e. The summed E-state index contributed by atoms with van der Waals surface area (Å²) in [6, 6.07) is 60.2. The largest absolute Gasteiger partial charge is 0.456 e. The highest BCUT2D eigenvalue weighted by atomic mass is 16.3. The fourth-order valence-corrected chi connectivity index (χ4v) is 7.95. The molecule has 11 rings (SSSR count). The molecule has 0 fully saturated rings. The predicted octanol–water partition coefficient (Wildman–Crippen LogP) is 13.2. The van der Waals surface area contributed by atoms with Crippen molar-refractivity contribution in [3.05, 3.63) is 170 Å². The molecule has 0 aliphatic heterocycles. The Hall–Kier alpha value is -6.78. The summed E-state index contributed by atoms with van der Waals surface area (Å²) in [4.78, 5) is 2.39. The van der Waals surface area contributed by atoms with E-state index >= 15 is 0 Å². The molecular weight excluding hydrogens is 613 g/mol. The summed E-state index contributed by atoms with van der Waals surface area (Å²) in [5, 5.41) is 8.98. The molecule has 0 aliphatic carbocycles. The van der Waals surface area contributed by atoms with Gasteiger partial charge in [0, 0.05) is 49.4 Å². The molecule has 11 aromatic rings. The minimum Gasteiger partial charge on any atom is -0.456 e. The second-order valence-electron chi connectivity index (χ2n) is 12.9. The monoisotopic (exact) mass is 640 g/mol. The van der Waals surface area contributed by atoms with Crippen LogP contribution in [-0.2, 0) is 0 Å². The third-order valence-corrected chi connectivity index (χ3v) is 10.1. The number of hydrogen-bond donors (Lipinski definition) is 0. The molecule has 0 saturated heterocycles. The van der Waals surface area contributed by atoms with E-state index in [1.165, 1.54) is 16.3 Å². The van der Waals surface area contributed by atoms with Crippen molar-refractivity contribution in [2.24, 2.45) is 0 Å². The summed E-state index contributed by atoms with van der Waals surface area (Å²) < 4.78 is 15.3. The lowest BCUT2D eigenvalue weighted by molar-refractivity contribution is 0.669. The predicted molar refractivity (Wildman–Crippen MR) is 208 cm³/mol. The standard InChI is InChI=1S/C46H28N2O2/c1-2-13-30(14-3-1)48-39-19-9-6-16-34(39)37-27-31(22-24-40(37)48)47(32-23-25-44-38(28-32)35-17-7-10-20-42(35)49-44)41-26-29-12-4-5-15-33(29)46-45(41)36-18-8-11-21-43(36)50-46/h1-28H. The topological polar surface area (TPSA) is 34.5 Å². The molecule has 3 aromatic heterocycles. The number of benzene rings is 8. The number of fused-ring (bicyclic) bond motifs is 11. The first kappa shape index (κ1) is 27.2. The fraction of sp³-hybridized carbons (Fsp3) is 0. The van der Waals surface area contributed by atoms with Gasteiger partial charge in [-0.2, -0.15) is 0 Å². The minimum absolute atomic E-state index is 0.869. The van der Waals surface area contributed by atoms with E-state index < -0.39 is 0 Å². The first-order valence-electron chi connectivity index (χ1n) is 16.9. The molecule has 234 valence electrons. The lowest BCUT2D eigenvalue weighted by atomic mass is 10.0. The Morgan fingerprint density at radius 3 is 1.84 bits per heavy atom. The van der Waals surface area contributed by atoms with E-state index in [-0.39, 0.29) is 0 Å². The maximum Gasteiger partial charge on any atom is 0.145 e. The molecular formula is C46H28N2O2. The van der Waals surface area contributed by atoms with Gasteiger partial charge >= 0.3 is 0 Å². The van der Waals surface area contributed by atoms with E-state index in [4.69, 9.17) is 8.83 Å². The van der Waals surface area contributed by atoms with Gasteiger partial charge in [-0.25, -0.2) is 0 Å². The van der Waals surface area contributed by atoms with E-state index in [0.717, 1.165) is 82.9 Å². The number of hydrogen-bond acceptors (Lipinski definition) is 3. The normalized spacial score (nSPS) is 12.0. The zero-order chi connectivity index (χ0) is 32.8. The van der Waals surface area contributed by atoms with E-state index in [1.807, 2.05) is 18.2 Å². The van der Waals surface area contributed by atoms with Crippen LogP contribution in [0.15, 0.2) is 179 Å². The van der Waals surface area contributed by atoms with Crippen LogP contribution in [0.2, 0.25) is 0 Å². The number of nitrogens with zero attached hydrogens (tertiary/aromatic N) is 2. The van der Waals surface area contributed by atoms with Gasteiger partial charge in [-0.3, -0.25) is 0 Å². The first-order chi connectivity index (χ1) is 24.8. The van der Waals surface area contributed by atoms with Gasteiger partial charge in [0.05, 0.1) is 22.1 Å². The number of para-hydroxylation sites is 4. The van der Waals surface area contributed by atoms with E-state index in [9.17, 15) is 0 Å². The highest BCUT2D eigenvalue weighted by Gasteiger charge is 2.24.